The Hall–Kier alpha value is -1.55. The van der Waals surface area contributed by atoms with Gasteiger partial charge in [0.05, 0.1) is 0 Å². The molecule has 1 N–H and O–H groups in total. The van der Waals surface area contributed by atoms with Crippen LogP contribution in [0.5, 0.6) is 0 Å². The van der Waals surface area contributed by atoms with Gasteiger partial charge in [-0.3, -0.25) is 9.69 Å². The molecule has 1 saturated heterocycles. The first-order valence-electron chi connectivity index (χ1n) is 6.84. The molecular weight excluding hydrogens is 276 g/mol. The quantitative estimate of drug-likeness (QED) is 0.849. The summed E-state index contributed by atoms with van der Waals surface area (Å²) in [5.41, 5.74) is 0.946. The maximum absolute atomic E-state index is 12.2. The summed E-state index contributed by atoms with van der Waals surface area (Å²) in [7, 11) is 0. The van der Waals surface area contributed by atoms with E-state index in [4.69, 9.17) is 11.6 Å². The van der Waals surface area contributed by atoms with Crippen molar-refractivity contribution in [1.82, 2.24) is 10.2 Å². The lowest BCUT2D eigenvalue weighted by Gasteiger charge is -2.14. The first-order valence-corrected chi connectivity index (χ1v) is 7.22. The predicted molar refractivity (Wildman–Crippen MR) is 78.6 cm³/mol. The van der Waals surface area contributed by atoms with Gasteiger partial charge < -0.3 is 5.32 Å². The number of halogens is 1. The van der Waals surface area contributed by atoms with Crippen LogP contribution in [0.2, 0.25) is 5.02 Å². The Morgan fingerprint density at radius 1 is 1.30 bits per heavy atom. The largest absolute Gasteiger partial charge is 0.326 e. The molecule has 1 heterocycles. The lowest BCUT2D eigenvalue weighted by atomic mass is 10.0. The molecule has 0 aromatic heterocycles. The van der Waals surface area contributed by atoms with Gasteiger partial charge in [0.15, 0.2) is 0 Å². The second-order valence-electron chi connectivity index (χ2n) is 5.46. The van der Waals surface area contributed by atoms with Crippen molar-refractivity contribution < 1.29 is 9.59 Å². The van der Waals surface area contributed by atoms with Crippen molar-refractivity contribution >= 4 is 23.5 Å². The van der Waals surface area contributed by atoms with Gasteiger partial charge in [-0.15, -0.1) is 0 Å². The molecular formula is C15H19ClN2O2. The minimum absolute atomic E-state index is 0.129. The summed E-state index contributed by atoms with van der Waals surface area (Å²) in [4.78, 5) is 25.3. The number of nitrogens with zero attached hydrogens (tertiary/aromatic N) is 1. The zero-order chi connectivity index (χ0) is 14.7. The van der Waals surface area contributed by atoms with E-state index in [1.807, 2.05) is 38.1 Å². The first kappa shape index (κ1) is 14.9. The summed E-state index contributed by atoms with van der Waals surface area (Å²) in [6.45, 7) is 4.43. The van der Waals surface area contributed by atoms with Gasteiger partial charge in [-0.2, -0.15) is 0 Å². The molecule has 1 fully saturated rings. The van der Waals surface area contributed by atoms with Crippen molar-refractivity contribution in [3.8, 4) is 0 Å². The van der Waals surface area contributed by atoms with Crippen molar-refractivity contribution in [1.29, 1.82) is 0 Å². The molecule has 3 amide bonds. The molecule has 4 nitrogen and oxygen atoms in total. The monoisotopic (exact) mass is 294 g/mol. The molecule has 0 radical (unpaired) electrons. The number of amides is 3. The summed E-state index contributed by atoms with van der Waals surface area (Å²) in [5.74, 6) is 0.239. The standard InChI is InChI=1S/C15H19ClN2O2/c1-10(2)9-13-14(19)18(15(20)17-13)8-7-11-5-3-4-6-12(11)16/h3-6,10,13H,7-9H2,1-2H3,(H,17,20). The van der Waals surface area contributed by atoms with Crippen LogP contribution in [0.4, 0.5) is 4.79 Å². The van der Waals surface area contributed by atoms with Gasteiger partial charge in [0.2, 0.25) is 0 Å². The Kier molecular flexibility index (Phi) is 4.65. The van der Waals surface area contributed by atoms with Gasteiger partial charge in [-0.1, -0.05) is 43.6 Å². The minimum Gasteiger partial charge on any atom is -0.326 e. The van der Waals surface area contributed by atoms with Crippen LogP contribution in [0.15, 0.2) is 24.3 Å². The van der Waals surface area contributed by atoms with Crippen LogP contribution >= 0.6 is 11.6 Å². The molecule has 0 saturated carbocycles. The number of hydrogen-bond donors (Lipinski definition) is 1. The number of carbonyl (C=O) groups is 2. The maximum atomic E-state index is 12.2. The third-order valence-electron chi connectivity index (χ3n) is 3.38. The van der Waals surface area contributed by atoms with Gasteiger partial charge >= 0.3 is 6.03 Å². The molecule has 2 rings (SSSR count). The SMILES string of the molecule is CC(C)CC1NC(=O)N(CCc2ccccc2Cl)C1=O. The molecule has 1 aliphatic rings. The second kappa shape index (κ2) is 6.27. The van der Waals surface area contributed by atoms with Crippen LogP contribution in [-0.2, 0) is 11.2 Å². The van der Waals surface area contributed by atoms with Crippen molar-refractivity contribution in [3.63, 3.8) is 0 Å². The molecule has 0 aliphatic carbocycles. The molecule has 1 aromatic carbocycles. The molecule has 1 unspecified atom stereocenters. The van der Waals surface area contributed by atoms with Gasteiger partial charge in [0, 0.05) is 11.6 Å². The van der Waals surface area contributed by atoms with Crippen LogP contribution in [-0.4, -0.2) is 29.4 Å². The molecule has 1 atom stereocenters. The van der Waals surface area contributed by atoms with Gasteiger partial charge in [-0.05, 0) is 30.4 Å². The summed E-state index contributed by atoms with van der Waals surface area (Å²) in [6.07, 6.45) is 1.25. The topological polar surface area (TPSA) is 49.4 Å². The van der Waals surface area contributed by atoms with Crippen LogP contribution in [0.3, 0.4) is 0 Å². The molecule has 1 aliphatic heterocycles. The van der Waals surface area contributed by atoms with E-state index >= 15 is 0 Å². The van der Waals surface area contributed by atoms with Crippen LogP contribution in [0, 0.1) is 5.92 Å². The summed E-state index contributed by atoms with van der Waals surface area (Å²) >= 11 is 6.08. The van der Waals surface area contributed by atoms with E-state index in [1.165, 1.54) is 4.90 Å². The van der Waals surface area contributed by atoms with E-state index in [9.17, 15) is 9.59 Å². The number of imide groups is 1. The summed E-state index contributed by atoms with van der Waals surface area (Å²) in [5, 5.41) is 3.41. The highest BCUT2D eigenvalue weighted by molar-refractivity contribution is 6.31. The Bertz CT molecular complexity index is 516. The van der Waals surface area contributed by atoms with Crippen LogP contribution in [0.25, 0.3) is 0 Å². The number of nitrogens with one attached hydrogen (secondary N) is 1. The highest BCUT2D eigenvalue weighted by Gasteiger charge is 2.37. The third-order valence-corrected chi connectivity index (χ3v) is 3.75. The average molecular weight is 295 g/mol. The number of benzene rings is 1. The highest BCUT2D eigenvalue weighted by atomic mass is 35.5. The van der Waals surface area contributed by atoms with E-state index in [0.717, 1.165) is 5.56 Å². The third kappa shape index (κ3) is 3.31. The zero-order valence-corrected chi connectivity index (χ0v) is 12.5. The van der Waals surface area contributed by atoms with Gasteiger partial charge in [-0.25, -0.2) is 4.79 Å². The van der Waals surface area contributed by atoms with E-state index in [-0.39, 0.29) is 18.0 Å². The average Bonchev–Trinajstić information content (AvgIpc) is 2.63. The lowest BCUT2D eigenvalue weighted by molar-refractivity contribution is -0.127. The van der Waals surface area contributed by atoms with Gasteiger partial charge in [0.25, 0.3) is 5.91 Å². The molecule has 5 heteroatoms. The number of hydrogen-bond acceptors (Lipinski definition) is 2. The zero-order valence-electron chi connectivity index (χ0n) is 11.7. The number of carbonyl (C=O) groups excluding carboxylic acids is 2. The summed E-state index contributed by atoms with van der Waals surface area (Å²) < 4.78 is 0. The van der Waals surface area contributed by atoms with E-state index < -0.39 is 0 Å². The van der Waals surface area contributed by atoms with Crippen molar-refractivity contribution in [3.05, 3.63) is 34.9 Å². The fourth-order valence-corrected chi connectivity index (χ4v) is 2.58. The predicted octanol–water partition coefficient (Wildman–Crippen LogP) is 2.85. The molecule has 0 bridgehead atoms. The highest BCUT2D eigenvalue weighted by Crippen LogP contribution is 2.18. The van der Waals surface area contributed by atoms with E-state index in [1.54, 1.807) is 0 Å². The van der Waals surface area contributed by atoms with Crippen LogP contribution < -0.4 is 5.32 Å². The molecule has 108 valence electrons. The van der Waals surface area contributed by atoms with Crippen molar-refractivity contribution in [2.45, 2.75) is 32.7 Å². The smallest absolute Gasteiger partial charge is 0.324 e. The van der Waals surface area contributed by atoms with Gasteiger partial charge in [0.1, 0.15) is 6.04 Å². The Labute approximate surface area is 124 Å². The van der Waals surface area contributed by atoms with Crippen molar-refractivity contribution in [2.24, 2.45) is 5.92 Å². The number of urea groups is 1. The Morgan fingerprint density at radius 3 is 2.65 bits per heavy atom. The molecule has 20 heavy (non-hydrogen) atoms. The number of rotatable bonds is 5. The fraction of sp³-hybridized carbons (Fsp3) is 0.467. The Balaban J connectivity index is 1.98. The Morgan fingerprint density at radius 2 is 2.00 bits per heavy atom. The lowest BCUT2D eigenvalue weighted by Crippen LogP contribution is -2.33. The van der Waals surface area contributed by atoms with E-state index in [2.05, 4.69) is 5.32 Å². The second-order valence-corrected chi connectivity index (χ2v) is 5.87. The molecule has 1 aromatic rings. The molecule has 0 spiro atoms. The normalized spacial score (nSPS) is 18.8. The maximum Gasteiger partial charge on any atom is 0.324 e. The minimum atomic E-state index is -0.381. The van der Waals surface area contributed by atoms with E-state index in [0.29, 0.717) is 30.3 Å². The first-order chi connectivity index (χ1) is 9.49. The fourth-order valence-electron chi connectivity index (χ4n) is 2.35. The summed E-state index contributed by atoms with van der Waals surface area (Å²) in [6, 6.07) is 6.80. The van der Waals surface area contributed by atoms with Crippen LogP contribution in [0.1, 0.15) is 25.8 Å². The van der Waals surface area contributed by atoms with Crippen molar-refractivity contribution in [2.75, 3.05) is 6.54 Å².